The molecule has 23 heavy (non-hydrogen) atoms. The molecule has 0 fully saturated rings. The minimum absolute atomic E-state index is 0.0465. The van der Waals surface area contributed by atoms with Crippen LogP contribution in [0.15, 0.2) is 36.3 Å². The van der Waals surface area contributed by atoms with E-state index in [1.54, 1.807) is 14.1 Å². The number of carbonyl (C=O) groups excluding carboxylic acids is 1. The van der Waals surface area contributed by atoms with Gasteiger partial charge in [-0.1, -0.05) is 41.3 Å². The summed E-state index contributed by atoms with van der Waals surface area (Å²) in [5.74, 6) is 0.128. The zero-order chi connectivity index (χ0) is 20.5. The molecule has 122 valence electrons. The van der Waals surface area contributed by atoms with E-state index in [1.807, 2.05) is 0 Å². The lowest BCUT2D eigenvalue weighted by atomic mass is 10.1. The molecule has 2 aromatic rings. The number of nitrogens with one attached hydrogen (secondary N) is 1. The van der Waals surface area contributed by atoms with Gasteiger partial charge in [0.25, 0.3) is 0 Å². The van der Waals surface area contributed by atoms with Crippen molar-refractivity contribution in [2.45, 2.75) is 6.42 Å². The van der Waals surface area contributed by atoms with Crippen molar-refractivity contribution >= 4 is 40.5 Å². The van der Waals surface area contributed by atoms with Crippen molar-refractivity contribution in [1.29, 1.82) is 0 Å². The van der Waals surface area contributed by atoms with Crippen LogP contribution in [0.4, 0.5) is 11.4 Å². The Morgan fingerprint density at radius 1 is 1.26 bits per heavy atom. The highest BCUT2D eigenvalue weighted by molar-refractivity contribution is 6.39. The molecule has 1 N–H and O–H groups in total. The van der Waals surface area contributed by atoms with Crippen molar-refractivity contribution in [3.63, 3.8) is 0 Å². The van der Waals surface area contributed by atoms with Crippen LogP contribution in [0.5, 0.6) is 5.75 Å². The van der Waals surface area contributed by atoms with Gasteiger partial charge in [0.05, 0.1) is 34.7 Å². The molecule has 2 aromatic carbocycles. The van der Waals surface area contributed by atoms with Crippen LogP contribution in [-0.2, 0) is 11.2 Å². The van der Waals surface area contributed by atoms with Crippen molar-refractivity contribution in [2.24, 2.45) is 0 Å². The van der Waals surface area contributed by atoms with Gasteiger partial charge >= 0.3 is 0 Å². The first kappa shape index (κ1) is 12.5. The number of carbonyl (C=O) groups is 1. The molecule has 6 heteroatoms. The van der Waals surface area contributed by atoms with Crippen molar-refractivity contribution in [2.75, 3.05) is 26.5 Å². The molecule has 0 heterocycles. The number of para-hydroxylation sites is 1. The molecule has 0 bridgehead atoms. The van der Waals surface area contributed by atoms with E-state index in [9.17, 15) is 4.79 Å². The lowest BCUT2D eigenvalue weighted by molar-refractivity contribution is -0.127. The number of methoxy groups -OCH3 is 1. The summed E-state index contributed by atoms with van der Waals surface area (Å²) in [4.78, 5) is 13.5. The molecule has 0 spiro atoms. The fourth-order valence-corrected chi connectivity index (χ4v) is 2.36. The standard InChI is InChI=1S/C17H18Cl2N2O2/c1-21(2)16(22)8-11-6-4-5-7-15(11)20-17-13(18)9-12(23-3)10-14(17)19/h4-7,9-10,20H,8H2,1-3H3/i4D,5D,6D,7D. The average Bonchev–Trinajstić information content (AvgIpc) is 2.62. The van der Waals surface area contributed by atoms with E-state index in [0.29, 0.717) is 5.75 Å². The molecule has 0 aromatic heterocycles. The number of halogens is 2. The van der Waals surface area contributed by atoms with Gasteiger partial charge in [-0.3, -0.25) is 4.79 Å². The Kier molecular flexibility index (Phi) is 4.12. The normalized spacial score (nSPS) is 12.7. The van der Waals surface area contributed by atoms with Crippen LogP contribution in [0.2, 0.25) is 10.0 Å². The fourth-order valence-electron chi connectivity index (χ4n) is 1.80. The molecule has 0 aliphatic carbocycles. The molecule has 0 unspecified atom stereocenters. The Morgan fingerprint density at radius 3 is 2.43 bits per heavy atom. The molecule has 0 atom stereocenters. The quantitative estimate of drug-likeness (QED) is 0.864. The Hall–Kier alpha value is -1.91. The van der Waals surface area contributed by atoms with Crippen molar-refractivity contribution in [3.8, 4) is 5.75 Å². The van der Waals surface area contributed by atoms with Crippen molar-refractivity contribution in [1.82, 2.24) is 4.90 Å². The van der Waals surface area contributed by atoms with Crippen LogP contribution in [0.3, 0.4) is 0 Å². The summed E-state index contributed by atoms with van der Waals surface area (Å²) in [6.45, 7) is 0. The van der Waals surface area contributed by atoms with Gasteiger partial charge in [-0.2, -0.15) is 0 Å². The highest BCUT2D eigenvalue weighted by atomic mass is 35.5. The predicted molar refractivity (Wildman–Crippen MR) is 95.1 cm³/mol. The Bertz CT molecular complexity index is 884. The number of ether oxygens (including phenoxy) is 1. The van der Waals surface area contributed by atoms with E-state index >= 15 is 0 Å². The maximum atomic E-state index is 12.2. The Morgan fingerprint density at radius 2 is 1.87 bits per heavy atom. The Balaban J connectivity index is 2.64. The van der Waals surface area contributed by atoms with Crippen LogP contribution in [0.1, 0.15) is 11.0 Å². The van der Waals surface area contributed by atoms with Gasteiger partial charge in [0, 0.05) is 31.9 Å². The van der Waals surface area contributed by atoms with Gasteiger partial charge in [-0.15, -0.1) is 0 Å². The van der Waals surface area contributed by atoms with Crippen LogP contribution in [0.25, 0.3) is 0 Å². The lowest BCUT2D eigenvalue weighted by Crippen LogP contribution is -2.23. The molecular formula is C17H18Cl2N2O2. The number of amides is 1. The van der Waals surface area contributed by atoms with E-state index in [0.717, 1.165) is 0 Å². The zero-order valence-corrected chi connectivity index (χ0v) is 14.4. The van der Waals surface area contributed by atoms with Crippen LogP contribution < -0.4 is 10.1 Å². The van der Waals surface area contributed by atoms with Crippen LogP contribution >= 0.6 is 23.2 Å². The highest BCUT2D eigenvalue weighted by Gasteiger charge is 2.13. The number of likely N-dealkylation sites (N-methyl/N-ethyl adjacent to an activating group) is 1. The van der Waals surface area contributed by atoms with Crippen LogP contribution in [-0.4, -0.2) is 32.0 Å². The fraction of sp³-hybridized carbons (Fsp3) is 0.235. The molecule has 4 nitrogen and oxygen atoms in total. The molecular weight excluding hydrogens is 335 g/mol. The molecule has 0 saturated carbocycles. The van der Waals surface area contributed by atoms with E-state index in [4.69, 9.17) is 33.4 Å². The van der Waals surface area contributed by atoms with E-state index in [-0.39, 0.29) is 51.4 Å². The number of nitrogens with zero attached hydrogens (tertiary/aromatic N) is 1. The van der Waals surface area contributed by atoms with Gasteiger partial charge in [0.15, 0.2) is 0 Å². The number of rotatable bonds is 5. The van der Waals surface area contributed by atoms with Crippen LogP contribution in [0, 0.1) is 0 Å². The summed E-state index contributed by atoms with van der Waals surface area (Å²) in [6, 6.07) is 1.58. The first-order valence-corrected chi connectivity index (χ1v) is 7.43. The van der Waals surface area contributed by atoms with Gasteiger partial charge in [-0.25, -0.2) is 0 Å². The molecule has 0 aliphatic heterocycles. The third kappa shape index (κ3) is 4.30. The summed E-state index contributed by atoms with van der Waals surface area (Å²) in [5, 5.41) is 3.29. The van der Waals surface area contributed by atoms with E-state index in [2.05, 4.69) is 5.32 Å². The second-order valence-electron chi connectivity index (χ2n) is 4.91. The number of hydrogen-bond acceptors (Lipinski definition) is 3. The summed E-state index contributed by atoms with van der Waals surface area (Å²) in [7, 11) is 4.60. The van der Waals surface area contributed by atoms with Gasteiger partial charge in [0.1, 0.15) is 5.75 Å². The van der Waals surface area contributed by atoms with Gasteiger partial charge in [-0.05, 0) is 11.6 Å². The maximum Gasteiger partial charge on any atom is 0.226 e. The largest absolute Gasteiger partial charge is 0.497 e. The van der Waals surface area contributed by atoms with Gasteiger partial charge < -0.3 is 15.0 Å². The monoisotopic (exact) mass is 356 g/mol. The molecule has 0 saturated heterocycles. The zero-order valence-electron chi connectivity index (χ0n) is 16.9. The number of benzene rings is 2. The topological polar surface area (TPSA) is 41.6 Å². The first-order valence-electron chi connectivity index (χ1n) is 8.67. The number of anilines is 2. The van der Waals surface area contributed by atoms with E-state index in [1.165, 1.54) is 24.1 Å². The predicted octanol–water partition coefficient (Wildman–Crippen LogP) is 4.38. The Labute approximate surface area is 151 Å². The third-order valence-corrected chi connectivity index (χ3v) is 3.69. The molecule has 0 aliphatic rings. The smallest absolute Gasteiger partial charge is 0.226 e. The van der Waals surface area contributed by atoms with Crippen molar-refractivity contribution < 1.29 is 15.0 Å². The third-order valence-electron chi connectivity index (χ3n) is 3.09. The summed E-state index contributed by atoms with van der Waals surface area (Å²) in [6.07, 6.45) is -0.211. The molecule has 2 rings (SSSR count). The molecule has 0 radical (unpaired) electrons. The van der Waals surface area contributed by atoms with Gasteiger partial charge in [0.2, 0.25) is 5.91 Å². The number of hydrogen-bond donors (Lipinski definition) is 1. The minimum Gasteiger partial charge on any atom is -0.497 e. The average molecular weight is 357 g/mol. The van der Waals surface area contributed by atoms with Crippen molar-refractivity contribution in [3.05, 3.63) is 51.9 Å². The molecule has 1 amide bonds. The second-order valence-corrected chi connectivity index (χ2v) is 5.72. The summed E-state index contributed by atoms with van der Waals surface area (Å²) in [5.41, 5.74) is 0.426. The minimum atomic E-state index is -0.427. The summed E-state index contributed by atoms with van der Waals surface area (Å²) < 4.78 is 37.2. The first-order chi connectivity index (χ1) is 12.6. The lowest BCUT2D eigenvalue weighted by Gasteiger charge is -2.16. The van der Waals surface area contributed by atoms with E-state index < -0.39 is 12.1 Å². The second kappa shape index (κ2) is 7.57. The summed E-state index contributed by atoms with van der Waals surface area (Å²) >= 11 is 12.5. The highest BCUT2D eigenvalue weighted by Crippen LogP contribution is 2.37. The SMILES string of the molecule is [2H]c1c([2H])c([2H])c(Nc2c(Cl)cc(OC)cc2Cl)c(CC(=O)N(C)C)c1[2H]. The maximum absolute atomic E-state index is 12.2.